The Balaban J connectivity index is 1.56. The fourth-order valence-electron chi connectivity index (χ4n) is 4.17. The summed E-state index contributed by atoms with van der Waals surface area (Å²) in [7, 11) is 1.57. The van der Waals surface area contributed by atoms with E-state index in [9.17, 15) is 9.59 Å². The van der Waals surface area contributed by atoms with Crippen LogP contribution in [0, 0.1) is 6.92 Å². The molecular formula is C25H27N3O3S. The maximum Gasteiger partial charge on any atom is 0.243 e. The number of aryl methyl sites for hydroxylation is 1. The Labute approximate surface area is 192 Å². The number of likely N-dealkylation sites (tertiary alicyclic amines) is 1. The van der Waals surface area contributed by atoms with Crippen LogP contribution in [-0.4, -0.2) is 41.4 Å². The molecule has 2 aromatic heterocycles. The molecule has 32 heavy (non-hydrogen) atoms. The number of hydrogen-bond acceptors (Lipinski definition) is 5. The van der Waals surface area contributed by atoms with Crippen molar-refractivity contribution >= 4 is 23.2 Å². The van der Waals surface area contributed by atoms with Crippen LogP contribution in [-0.2, 0) is 16.0 Å². The lowest BCUT2D eigenvalue weighted by Gasteiger charge is -2.27. The van der Waals surface area contributed by atoms with E-state index in [0.29, 0.717) is 25.3 Å². The Morgan fingerprint density at radius 1 is 1.22 bits per heavy atom. The number of rotatable bonds is 7. The molecule has 0 radical (unpaired) electrons. The van der Waals surface area contributed by atoms with Crippen LogP contribution < -0.4 is 10.1 Å². The Morgan fingerprint density at radius 2 is 2.06 bits per heavy atom. The van der Waals surface area contributed by atoms with E-state index in [2.05, 4.69) is 10.3 Å². The summed E-state index contributed by atoms with van der Waals surface area (Å²) in [5.74, 6) is 0.388. The highest BCUT2D eigenvalue weighted by molar-refractivity contribution is 7.10. The second kappa shape index (κ2) is 9.96. The van der Waals surface area contributed by atoms with Gasteiger partial charge in [0.2, 0.25) is 17.7 Å². The van der Waals surface area contributed by atoms with Crippen molar-refractivity contribution in [3.05, 3.63) is 81.7 Å². The molecule has 2 atom stereocenters. The fourth-order valence-corrected chi connectivity index (χ4v) is 4.87. The number of benzene rings is 1. The van der Waals surface area contributed by atoms with Crippen molar-refractivity contribution in [1.82, 2.24) is 15.2 Å². The molecule has 166 valence electrons. The van der Waals surface area contributed by atoms with E-state index in [-0.39, 0.29) is 17.9 Å². The average molecular weight is 450 g/mol. The van der Waals surface area contributed by atoms with Crippen LogP contribution in [0.5, 0.6) is 5.88 Å². The predicted molar refractivity (Wildman–Crippen MR) is 125 cm³/mol. The number of carbonyl (C=O) groups is 2. The maximum atomic E-state index is 13.4. The number of aromatic nitrogens is 1. The van der Waals surface area contributed by atoms with Crippen molar-refractivity contribution in [2.75, 3.05) is 13.7 Å². The summed E-state index contributed by atoms with van der Waals surface area (Å²) in [6.45, 7) is 2.64. The number of ether oxygens (including phenoxy) is 1. The molecule has 2 amide bonds. The maximum absolute atomic E-state index is 13.4. The molecule has 1 fully saturated rings. The van der Waals surface area contributed by atoms with Gasteiger partial charge >= 0.3 is 0 Å². The third-order valence-electron chi connectivity index (χ3n) is 5.87. The van der Waals surface area contributed by atoms with Crippen LogP contribution in [0.4, 0.5) is 0 Å². The standard InChI is InChI=1S/C25H27N3O3S/c1-17-7-3-4-9-20(17)24(18-11-12-22(31-2)26-16-18)27-25(30)21-10-5-13-28(21)23(29)15-19-8-6-14-32-19/h3-4,6-9,11-12,14,16,21,24H,5,10,13,15H2,1-2H3,(H,27,30)/t21-,24?/m1/s1. The van der Waals surface area contributed by atoms with Crippen LogP contribution in [0.25, 0.3) is 0 Å². The number of amides is 2. The first-order valence-corrected chi connectivity index (χ1v) is 11.6. The summed E-state index contributed by atoms with van der Waals surface area (Å²) in [5.41, 5.74) is 2.94. The van der Waals surface area contributed by atoms with Gasteiger partial charge in [-0.15, -0.1) is 11.3 Å². The predicted octanol–water partition coefficient (Wildman–Crippen LogP) is 3.90. The topological polar surface area (TPSA) is 71.5 Å². The second-order valence-corrected chi connectivity index (χ2v) is 8.97. The van der Waals surface area contributed by atoms with Crippen molar-refractivity contribution in [2.24, 2.45) is 0 Å². The lowest BCUT2D eigenvalue weighted by Crippen LogP contribution is -2.47. The number of thiophene rings is 1. The Morgan fingerprint density at radius 3 is 2.75 bits per heavy atom. The number of pyridine rings is 1. The summed E-state index contributed by atoms with van der Waals surface area (Å²) in [5, 5.41) is 5.17. The quantitative estimate of drug-likeness (QED) is 0.594. The van der Waals surface area contributed by atoms with E-state index < -0.39 is 6.04 Å². The first-order valence-electron chi connectivity index (χ1n) is 10.7. The van der Waals surface area contributed by atoms with E-state index in [4.69, 9.17) is 4.74 Å². The molecule has 0 saturated carbocycles. The van der Waals surface area contributed by atoms with Gasteiger partial charge in [0, 0.05) is 23.7 Å². The first-order chi connectivity index (χ1) is 15.6. The van der Waals surface area contributed by atoms with E-state index in [1.165, 1.54) is 0 Å². The Bertz CT molecular complexity index is 1070. The third-order valence-corrected chi connectivity index (χ3v) is 6.75. The number of hydrogen-bond donors (Lipinski definition) is 1. The molecular weight excluding hydrogens is 422 g/mol. The monoisotopic (exact) mass is 449 g/mol. The molecule has 1 aromatic carbocycles. The van der Waals surface area contributed by atoms with Crippen molar-refractivity contribution in [3.8, 4) is 5.88 Å². The highest BCUT2D eigenvalue weighted by Crippen LogP contribution is 2.27. The zero-order valence-corrected chi connectivity index (χ0v) is 19.1. The number of carbonyl (C=O) groups excluding carboxylic acids is 2. The highest BCUT2D eigenvalue weighted by atomic mass is 32.1. The lowest BCUT2D eigenvalue weighted by atomic mass is 9.95. The van der Waals surface area contributed by atoms with Gasteiger partial charge in [-0.2, -0.15) is 0 Å². The number of methoxy groups -OCH3 is 1. The van der Waals surface area contributed by atoms with Gasteiger partial charge in [0.05, 0.1) is 19.6 Å². The molecule has 0 bridgehead atoms. The van der Waals surface area contributed by atoms with Crippen molar-refractivity contribution in [2.45, 2.75) is 38.3 Å². The summed E-state index contributed by atoms with van der Waals surface area (Å²) in [4.78, 5) is 33.4. The lowest BCUT2D eigenvalue weighted by molar-refractivity contribution is -0.138. The molecule has 6 nitrogen and oxygen atoms in total. The molecule has 7 heteroatoms. The van der Waals surface area contributed by atoms with E-state index >= 15 is 0 Å². The largest absolute Gasteiger partial charge is 0.481 e. The zero-order valence-electron chi connectivity index (χ0n) is 18.3. The minimum atomic E-state index is -0.458. The van der Waals surface area contributed by atoms with E-state index in [0.717, 1.165) is 28.0 Å². The number of nitrogens with zero attached hydrogens (tertiary/aromatic N) is 2. The molecule has 1 aliphatic heterocycles. The van der Waals surface area contributed by atoms with Crippen LogP contribution >= 0.6 is 11.3 Å². The summed E-state index contributed by atoms with van der Waals surface area (Å²) < 4.78 is 5.18. The van der Waals surface area contributed by atoms with Gasteiger partial charge in [-0.3, -0.25) is 9.59 Å². The third kappa shape index (κ3) is 4.83. The van der Waals surface area contributed by atoms with Crippen molar-refractivity contribution in [3.63, 3.8) is 0 Å². The Kier molecular flexibility index (Phi) is 6.85. The second-order valence-electron chi connectivity index (χ2n) is 7.93. The molecule has 3 aromatic rings. The minimum Gasteiger partial charge on any atom is -0.481 e. The van der Waals surface area contributed by atoms with Crippen LogP contribution in [0.1, 0.15) is 40.5 Å². The van der Waals surface area contributed by atoms with Gasteiger partial charge in [0.15, 0.2) is 0 Å². The highest BCUT2D eigenvalue weighted by Gasteiger charge is 2.35. The molecule has 1 N–H and O–H groups in total. The summed E-state index contributed by atoms with van der Waals surface area (Å²) >= 11 is 1.56. The van der Waals surface area contributed by atoms with Crippen molar-refractivity contribution in [1.29, 1.82) is 0 Å². The van der Waals surface area contributed by atoms with Crippen LogP contribution in [0.3, 0.4) is 0 Å². The molecule has 0 aliphatic carbocycles. The van der Waals surface area contributed by atoms with Gasteiger partial charge in [-0.1, -0.05) is 30.3 Å². The summed E-state index contributed by atoms with van der Waals surface area (Å²) in [6, 6.07) is 14.8. The van der Waals surface area contributed by atoms with Gasteiger partial charge in [0.25, 0.3) is 0 Å². The average Bonchev–Trinajstić information content (AvgIpc) is 3.50. The van der Waals surface area contributed by atoms with E-state index in [1.807, 2.05) is 54.8 Å². The first kappa shape index (κ1) is 22.0. The molecule has 3 heterocycles. The van der Waals surface area contributed by atoms with Gasteiger partial charge < -0.3 is 15.0 Å². The molecule has 1 saturated heterocycles. The van der Waals surface area contributed by atoms with Gasteiger partial charge in [-0.25, -0.2) is 4.98 Å². The Hall–Kier alpha value is -3.19. The van der Waals surface area contributed by atoms with Crippen molar-refractivity contribution < 1.29 is 14.3 Å². The fraction of sp³-hybridized carbons (Fsp3) is 0.320. The molecule has 4 rings (SSSR count). The van der Waals surface area contributed by atoms with Crippen LogP contribution in [0.15, 0.2) is 60.1 Å². The molecule has 1 unspecified atom stereocenters. The summed E-state index contributed by atoms with van der Waals surface area (Å²) in [6.07, 6.45) is 3.56. The van der Waals surface area contributed by atoms with Gasteiger partial charge in [0.1, 0.15) is 6.04 Å². The molecule has 1 aliphatic rings. The SMILES string of the molecule is COc1ccc(C(NC(=O)[C@H]2CCCN2C(=O)Cc2cccs2)c2ccccc2C)cn1. The minimum absolute atomic E-state index is 0.00339. The number of nitrogens with one attached hydrogen (secondary N) is 1. The normalized spacial score (nSPS) is 16.6. The smallest absolute Gasteiger partial charge is 0.243 e. The molecule has 0 spiro atoms. The van der Waals surface area contributed by atoms with E-state index in [1.54, 1.807) is 35.6 Å². The zero-order chi connectivity index (χ0) is 22.5. The van der Waals surface area contributed by atoms with Crippen LogP contribution in [0.2, 0.25) is 0 Å². The van der Waals surface area contributed by atoms with Gasteiger partial charge in [-0.05, 0) is 54.0 Å².